The summed E-state index contributed by atoms with van der Waals surface area (Å²) in [5, 5.41) is 4.75. The lowest BCUT2D eigenvalue weighted by molar-refractivity contribution is 0.569. The van der Waals surface area contributed by atoms with Crippen molar-refractivity contribution >= 4 is 49.8 Å². The standard InChI is InChI=1S/C54H47NO/c1-53(2,3)39-33-40(54(4,5)6)35-42(34-39)55(41-31-29-37(30-32-41)44-24-16-26-48-46-22-11-13-28-50(46)56-52(44)48)49-27-12-10-21-45(49)47-25-15-20-38-19-14-23-43(51(38)47)36-17-8-7-9-18-36/h7-35H,1-6H3. The summed E-state index contributed by atoms with van der Waals surface area (Å²) in [6.45, 7) is 13.9. The summed E-state index contributed by atoms with van der Waals surface area (Å²) in [6, 6.07) is 64.0. The Bertz CT molecular complexity index is 2830. The van der Waals surface area contributed by atoms with Crippen LogP contribution in [0.1, 0.15) is 52.7 Å². The van der Waals surface area contributed by atoms with Crippen molar-refractivity contribution in [1.82, 2.24) is 0 Å². The van der Waals surface area contributed by atoms with E-state index in [1.807, 2.05) is 12.1 Å². The molecule has 0 spiro atoms. The van der Waals surface area contributed by atoms with Gasteiger partial charge in [0, 0.05) is 33.3 Å². The largest absolute Gasteiger partial charge is 0.455 e. The van der Waals surface area contributed by atoms with Gasteiger partial charge >= 0.3 is 0 Å². The van der Waals surface area contributed by atoms with Crippen LogP contribution < -0.4 is 4.90 Å². The van der Waals surface area contributed by atoms with Crippen LogP contribution in [0.2, 0.25) is 0 Å². The number of hydrogen-bond donors (Lipinski definition) is 0. The van der Waals surface area contributed by atoms with Crippen LogP contribution in [0, 0.1) is 0 Å². The maximum Gasteiger partial charge on any atom is 0.143 e. The van der Waals surface area contributed by atoms with Gasteiger partial charge in [0.1, 0.15) is 11.2 Å². The second kappa shape index (κ2) is 13.7. The Labute approximate surface area is 330 Å². The molecule has 0 aliphatic heterocycles. The van der Waals surface area contributed by atoms with Gasteiger partial charge in [-0.2, -0.15) is 0 Å². The van der Waals surface area contributed by atoms with Crippen molar-refractivity contribution in [3.63, 3.8) is 0 Å². The second-order valence-electron chi connectivity index (χ2n) is 17.0. The van der Waals surface area contributed by atoms with Gasteiger partial charge in [0.15, 0.2) is 0 Å². The molecule has 0 amide bonds. The van der Waals surface area contributed by atoms with E-state index in [4.69, 9.17) is 4.42 Å². The number of fused-ring (bicyclic) bond motifs is 4. The van der Waals surface area contributed by atoms with Crippen LogP contribution in [0.5, 0.6) is 0 Å². The molecule has 9 aromatic rings. The van der Waals surface area contributed by atoms with Crippen LogP contribution in [0.3, 0.4) is 0 Å². The normalized spacial score (nSPS) is 12.1. The molecular formula is C54H47NO. The van der Waals surface area contributed by atoms with E-state index in [0.29, 0.717) is 0 Å². The van der Waals surface area contributed by atoms with Crippen molar-refractivity contribution < 1.29 is 4.42 Å². The number of rotatable bonds is 6. The third-order valence-electron chi connectivity index (χ3n) is 11.2. The molecule has 0 atom stereocenters. The molecule has 1 heterocycles. The van der Waals surface area contributed by atoms with E-state index < -0.39 is 0 Å². The molecule has 2 nitrogen and oxygen atoms in total. The van der Waals surface area contributed by atoms with Crippen molar-refractivity contribution in [2.45, 2.75) is 52.4 Å². The number of furan rings is 1. The van der Waals surface area contributed by atoms with Crippen molar-refractivity contribution in [1.29, 1.82) is 0 Å². The van der Waals surface area contributed by atoms with Crippen molar-refractivity contribution in [3.8, 4) is 33.4 Å². The van der Waals surface area contributed by atoms with Gasteiger partial charge in [-0.15, -0.1) is 0 Å². The zero-order valence-corrected chi connectivity index (χ0v) is 33.1. The number of para-hydroxylation sites is 3. The summed E-state index contributed by atoms with van der Waals surface area (Å²) in [5.41, 5.74) is 14.8. The lowest BCUT2D eigenvalue weighted by Crippen LogP contribution is -2.19. The van der Waals surface area contributed by atoms with Gasteiger partial charge in [-0.3, -0.25) is 0 Å². The number of hydrogen-bond acceptors (Lipinski definition) is 2. The highest BCUT2D eigenvalue weighted by atomic mass is 16.3. The molecule has 1 aromatic heterocycles. The van der Waals surface area contributed by atoms with E-state index >= 15 is 0 Å². The zero-order chi connectivity index (χ0) is 38.6. The van der Waals surface area contributed by atoms with Crippen molar-refractivity contribution in [3.05, 3.63) is 187 Å². The summed E-state index contributed by atoms with van der Waals surface area (Å²) >= 11 is 0. The van der Waals surface area contributed by atoms with Crippen LogP contribution >= 0.6 is 0 Å². The molecule has 8 aromatic carbocycles. The van der Waals surface area contributed by atoms with Crippen LogP contribution in [0.25, 0.3) is 66.1 Å². The summed E-state index contributed by atoms with van der Waals surface area (Å²) in [4.78, 5) is 2.47. The average Bonchev–Trinajstić information content (AvgIpc) is 3.60. The molecule has 0 saturated carbocycles. The lowest BCUT2D eigenvalue weighted by atomic mass is 9.80. The highest BCUT2D eigenvalue weighted by Crippen LogP contribution is 2.47. The van der Waals surface area contributed by atoms with E-state index in [-0.39, 0.29) is 10.8 Å². The van der Waals surface area contributed by atoms with Gasteiger partial charge in [0.05, 0.1) is 5.69 Å². The van der Waals surface area contributed by atoms with Crippen molar-refractivity contribution in [2.75, 3.05) is 4.90 Å². The molecule has 56 heavy (non-hydrogen) atoms. The molecule has 0 bridgehead atoms. The molecule has 0 saturated heterocycles. The molecule has 0 radical (unpaired) electrons. The lowest BCUT2D eigenvalue weighted by Gasteiger charge is -2.32. The molecule has 9 rings (SSSR count). The molecular weight excluding hydrogens is 679 g/mol. The fraction of sp³-hybridized carbons (Fsp3) is 0.148. The third-order valence-corrected chi connectivity index (χ3v) is 11.2. The topological polar surface area (TPSA) is 16.4 Å². The number of anilines is 3. The van der Waals surface area contributed by atoms with Crippen LogP contribution in [-0.4, -0.2) is 0 Å². The first-order chi connectivity index (χ1) is 27.0. The summed E-state index contributed by atoms with van der Waals surface area (Å²) in [7, 11) is 0. The van der Waals surface area contributed by atoms with Crippen LogP contribution in [0.15, 0.2) is 180 Å². The Kier molecular flexibility index (Phi) is 8.66. The van der Waals surface area contributed by atoms with Crippen LogP contribution in [-0.2, 0) is 10.8 Å². The maximum atomic E-state index is 6.48. The zero-order valence-electron chi connectivity index (χ0n) is 33.1. The second-order valence-corrected chi connectivity index (χ2v) is 17.0. The SMILES string of the molecule is CC(C)(C)c1cc(N(c2ccc(-c3cccc4c3oc3ccccc34)cc2)c2ccccc2-c2cccc3cccc(-c4ccccc4)c23)cc(C(C)(C)C)c1. The van der Waals surface area contributed by atoms with E-state index in [2.05, 4.69) is 210 Å². The van der Waals surface area contributed by atoms with Gasteiger partial charge in [-0.05, 0) is 91.4 Å². The molecule has 274 valence electrons. The first kappa shape index (κ1) is 35.3. The van der Waals surface area contributed by atoms with E-state index in [9.17, 15) is 0 Å². The smallest absolute Gasteiger partial charge is 0.143 e. The molecule has 0 fully saturated rings. The fourth-order valence-corrected chi connectivity index (χ4v) is 8.12. The molecule has 0 N–H and O–H groups in total. The summed E-state index contributed by atoms with van der Waals surface area (Å²) in [5.74, 6) is 0. The Morgan fingerprint density at radius 2 is 0.964 bits per heavy atom. The quantitative estimate of drug-likeness (QED) is 0.170. The van der Waals surface area contributed by atoms with Gasteiger partial charge < -0.3 is 9.32 Å². The minimum absolute atomic E-state index is 0.0451. The van der Waals surface area contributed by atoms with Crippen LogP contribution in [0.4, 0.5) is 17.1 Å². The summed E-state index contributed by atoms with van der Waals surface area (Å²) in [6.07, 6.45) is 0. The predicted octanol–water partition coefficient (Wildman–Crippen LogP) is 15.8. The van der Waals surface area contributed by atoms with E-state index in [0.717, 1.165) is 50.1 Å². The predicted molar refractivity (Wildman–Crippen MR) is 240 cm³/mol. The third kappa shape index (κ3) is 6.35. The van der Waals surface area contributed by atoms with Gasteiger partial charge in [-0.25, -0.2) is 0 Å². The van der Waals surface area contributed by atoms with E-state index in [1.165, 1.54) is 44.2 Å². The monoisotopic (exact) mass is 725 g/mol. The number of nitrogens with zero attached hydrogens (tertiary/aromatic N) is 1. The van der Waals surface area contributed by atoms with Gasteiger partial charge in [-0.1, -0.05) is 181 Å². The Balaban J connectivity index is 1.28. The molecule has 2 heteroatoms. The highest BCUT2D eigenvalue weighted by Gasteiger charge is 2.25. The van der Waals surface area contributed by atoms with Gasteiger partial charge in [0.25, 0.3) is 0 Å². The highest BCUT2D eigenvalue weighted by molar-refractivity contribution is 6.10. The fourth-order valence-electron chi connectivity index (χ4n) is 8.12. The van der Waals surface area contributed by atoms with E-state index in [1.54, 1.807) is 0 Å². The molecule has 0 aliphatic carbocycles. The van der Waals surface area contributed by atoms with Gasteiger partial charge in [0.2, 0.25) is 0 Å². The molecule has 0 aliphatic rings. The summed E-state index contributed by atoms with van der Waals surface area (Å²) < 4.78 is 6.48. The first-order valence-corrected chi connectivity index (χ1v) is 19.7. The first-order valence-electron chi connectivity index (χ1n) is 19.7. The maximum absolute atomic E-state index is 6.48. The van der Waals surface area contributed by atoms with Crippen molar-refractivity contribution in [2.24, 2.45) is 0 Å². The molecule has 0 unspecified atom stereocenters. The Morgan fingerprint density at radius 3 is 1.68 bits per heavy atom. The minimum atomic E-state index is -0.0451. The minimum Gasteiger partial charge on any atom is -0.455 e. The Hall–Kier alpha value is -6.38. The average molecular weight is 726 g/mol. The Morgan fingerprint density at radius 1 is 0.411 bits per heavy atom. The number of benzene rings is 8.